The van der Waals surface area contributed by atoms with Crippen molar-refractivity contribution in [1.29, 1.82) is 0 Å². The van der Waals surface area contributed by atoms with Gasteiger partial charge in [-0.3, -0.25) is 0 Å². The second-order valence-electron chi connectivity index (χ2n) is 3.91. The Balaban J connectivity index is 1.82. The molecule has 1 heterocycles. The van der Waals surface area contributed by atoms with Gasteiger partial charge in [-0.25, -0.2) is 0 Å². The minimum absolute atomic E-state index is 0.103. The predicted octanol–water partition coefficient (Wildman–Crippen LogP) is 2.65. The zero-order chi connectivity index (χ0) is 13.1. The first-order valence-corrected chi connectivity index (χ1v) is 7.85. The first kappa shape index (κ1) is 12.5. The molecule has 0 aliphatic heterocycles. The summed E-state index contributed by atoms with van der Waals surface area (Å²) in [5.74, 6) is 0.782. The zero-order valence-electron chi connectivity index (χ0n) is 9.92. The molecule has 94 valence electrons. The molecule has 0 bridgehead atoms. The molecule has 2 aromatic carbocycles. The van der Waals surface area contributed by atoms with E-state index in [4.69, 9.17) is 16.0 Å². The Morgan fingerprint density at radius 1 is 0.947 bits per heavy atom. The average molecular weight is 335 g/mol. The summed E-state index contributed by atoms with van der Waals surface area (Å²) in [5, 5.41) is 0.719. The predicted molar refractivity (Wildman–Crippen MR) is 78.4 cm³/mol. The van der Waals surface area contributed by atoms with E-state index in [1.807, 2.05) is 42.5 Å². The molecule has 2 nitrogen and oxygen atoms in total. The van der Waals surface area contributed by atoms with E-state index in [1.54, 1.807) is 6.20 Å². The Labute approximate surface area is 122 Å². The monoisotopic (exact) mass is 335 g/mol. The summed E-state index contributed by atoms with van der Waals surface area (Å²) >= 11 is 5.97. The molecule has 0 aliphatic carbocycles. The number of hydrogen-bond acceptors (Lipinski definition) is 2. The van der Waals surface area contributed by atoms with E-state index in [1.165, 1.54) is 4.46 Å². The van der Waals surface area contributed by atoms with Crippen LogP contribution in [0.3, 0.4) is 0 Å². The third-order valence-corrected chi connectivity index (χ3v) is 4.64. The van der Waals surface area contributed by atoms with Gasteiger partial charge in [-0.1, -0.05) is 0 Å². The second-order valence-corrected chi connectivity index (χ2v) is 6.50. The van der Waals surface area contributed by atoms with Crippen molar-refractivity contribution < 1.29 is 4.42 Å². The quantitative estimate of drug-likeness (QED) is 0.688. The number of hydrogen-bond donors (Lipinski definition) is 0. The van der Waals surface area contributed by atoms with Gasteiger partial charge in [-0.2, -0.15) is 0 Å². The van der Waals surface area contributed by atoms with Crippen LogP contribution in [0.5, 0.6) is 0 Å². The topological polar surface area (TPSA) is 26.0 Å². The normalized spacial score (nSPS) is 10.6. The van der Waals surface area contributed by atoms with Gasteiger partial charge < -0.3 is 0 Å². The number of halogens is 1. The van der Waals surface area contributed by atoms with Crippen LogP contribution in [0.4, 0.5) is 0 Å². The fourth-order valence-electron chi connectivity index (χ4n) is 1.64. The summed E-state index contributed by atoms with van der Waals surface area (Å²) in [6, 6.07) is 17.8. The van der Waals surface area contributed by atoms with Crippen LogP contribution in [-0.2, 0) is 0 Å². The van der Waals surface area contributed by atoms with Gasteiger partial charge in [-0.05, 0) is 0 Å². The van der Waals surface area contributed by atoms with Crippen molar-refractivity contribution in [3.05, 3.63) is 65.8 Å². The molecule has 4 heteroatoms. The summed E-state index contributed by atoms with van der Waals surface area (Å²) in [7, 11) is 0. The zero-order valence-corrected chi connectivity index (χ0v) is 12.4. The summed E-state index contributed by atoms with van der Waals surface area (Å²) < 4.78 is 7.04. The fraction of sp³-hybridized carbons (Fsp3) is 0. The Kier molecular flexibility index (Phi) is 3.69. The van der Waals surface area contributed by atoms with Gasteiger partial charge in [0.15, 0.2) is 0 Å². The Hall–Kier alpha value is -1.54. The molecule has 0 aliphatic rings. The Morgan fingerprint density at radius 2 is 1.68 bits per heavy atom. The molecular formula is C15H10ClNOSe. The number of aromatic nitrogens is 1. The molecule has 0 unspecified atom stereocenters. The number of nitrogens with zero attached hydrogens (tertiary/aromatic N) is 1. The van der Waals surface area contributed by atoms with Crippen molar-refractivity contribution in [2.24, 2.45) is 0 Å². The molecule has 0 radical (unpaired) electrons. The first-order chi connectivity index (χ1) is 9.31. The van der Waals surface area contributed by atoms with Crippen molar-refractivity contribution in [3.63, 3.8) is 0 Å². The van der Waals surface area contributed by atoms with E-state index in [9.17, 15) is 0 Å². The molecule has 0 spiro atoms. The standard InChI is InChI=1S/C15H10ClNOSe/c16-12-8-6-11(7-9-12)14-10-17-15(18-14)19-13-4-2-1-3-5-13/h1-10H. The van der Waals surface area contributed by atoms with Crippen molar-refractivity contribution >= 4 is 35.8 Å². The van der Waals surface area contributed by atoms with Gasteiger partial charge in [0.2, 0.25) is 0 Å². The molecule has 0 fully saturated rings. The molecule has 0 amide bonds. The van der Waals surface area contributed by atoms with E-state index in [0.717, 1.165) is 21.1 Å². The second kappa shape index (κ2) is 5.62. The van der Waals surface area contributed by atoms with Crippen molar-refractivity contribution in [3.8, 4) is 11.3 Å². The molecule has 0 saturated carbocycles. The summed E-state index contributed by atoms with van der Waals surface area (Å²) in [6.07, 6.45) is 1.77. The Bertz CT molecular complexity index is 664. The van der Waals surface area contributed by atoms with Crippen LogP contribution in [0.1, 0.15) is 0 Å². The maximum atomic E-state index is 5.87. The minimum atomic E-state index is 0.103. The SMILES string of the molecule is Clc1ccc(-c2cnc([Se]c3ccccc3)o2)cc1. The van der Waals surface area contributed by atoms with Crippen molar-refractivity contribution in [2.45, 2.75) is 0 Å². The number of rotatable bonds is 3. The van der Waals surface area contributed by atoms with E-state index in [2.05, 4.69) is 17.1 Å². The molecule has 3 aromatic rings. The van der Waals surface area contributed by atoms with E-state index >= 15 is 0 Å². The van der Waals surface area contributed by atoms with Gasteiger partial charge >= 0.3 is 122 Å². The molecule has 1 aromatic heterocycles. The van der Waals surface area contributed by atoms with Gasteiger partial charge in [-0.15, -0.1) is 0 Å². The number of benzene rings is 2. The first-order valence-electron chi connectivity index (χ1n) is 5.76. The van der Waals surface area contributed by atoms with E-state index in [-0.39, 0.29) is 15.0 Å². The van der Waals surface area contributed by atoms with Crippen molar-refractivity contribution in [1.82, 2.24) is 4.98 Å². The maximum absolute atomic E-state index is 5.87. The van der Waals surface area contributed by atoms with Crippen LogP contribution < -0.4 is 9.25 Å². The van der Waals surface area contributed by atoms with Gasteiger partial charge in [0.25, 0.3) is 0 Å². The van der Waals surface area contributed by atoms with E-state index in [0.29, 0.717) is 0 Å². The summed E-state index contributed by atoms with van der Waals surface area (Å²) in [4.78, 5) is 5.12. The fourth-order valence-corrected chi connectivity index (χ4v) is 3.30. The average Bonchev–Trinajstić information content (AvgIpc) is 2.89. The van der Waals surface area contributed by atoms with Crippen molar-refractivity contribution in [2.75, 3.05) is 0 Å². The van der Waals surface area contributed by atoms with Crippen LogP contribution in [0, 0.1) is 0 Å². The molecular weight excluding hydrogens is 325 g/mol. The van der Waals surface area contributed by atoms with Crippen LogP contribution in [0.15, 0.2) is 65.2 Å². The van der Waals surface area contributed by atoms with E-state index < -0.39 is 0 Å². The van der Waals surface area contributed by atoms with Crippen LogP contribution >= 0.6 is 11.6 Å². The number of oxazole rings is 1. The van der Waals surface area contributed by atoms with Crippen LogP contribution in [-0.4, -0.2) is 19.9 Å². The molecule has 0 N–H and O–H groups in total. The summed E-state index contributed by atoms with van der Waals surface area (Å²) in [5.41, 5.74) is 0.993. The van der Waals surface area contributed by atoms with Gasteiger partial charge in [0.1, 0.15) is 0 Å². The molecule has 19 heavy (non-hydrogen) atoms. The molecule has 3 rings (SSSR count). The Morgan fingerprint density at radius 3 is 2.42 bits per heavy atom. The summed E-state index contributed by atoms with van der Waals surface area (Å²) in [6.45, 7) is 0. The van der Waals surface area contributed by atoms with Gasteiger partial charge in [0.05, 0.1) is 0 Å². The third kappa shape index (κ3) is 3.07. The molecule has 0 atom stereocenters. The third-order valence-electron chi connectivity index (χ3n) is 2.56. The molecule has 0 saturated heterocycles. The van der Waals surface area contributed by atoms with Gasteiger partial charge in [0, 0.05) is 0 Å². The van der Waals surface area contributed by atoms with Crippen LogP contribution in [0.25, 0.3) is 11.3 Å². The van der Waals surface area contributed by atoms with Crippen LogP contribution in [0.2, 0.25) is 5.02 Å².